The first-order valence-electron chi connectivity index (χ1n) is 8.61. The van der Waals surface area contributed by atoms with Gasteiger partial charge in [0.1, 0.15) is 5.75 Å². The lowest BCUT2D eigenvalue weighted by Crippen LogP contribution is -2.37. The maximum atomic E-state index is 12.4. The third-order valence-corrected chi connectivity index (χ3v) is 3.92. The molecule has 1 aliphatic rings. The molecule has 1 heterocycles. The molecule has 2 rings (SSSR count). The summed E-state index contributed by atoms with van der Waals surface area (Å²) < 4.78 is 46.5. The van der Waals surface area contributed by atoms with Gasteiger partial charge in [0.15, 0.2) is 5.96 Å². The minimum absolute atomic E-state index is 0.192. The standard InChI is InChI=1S/C17H25F3N4O2/c18-17(19,20)26-15-5-2-1-4-14(15)6-8-23-16(21)22-7-3-9-24-10-12-25-13-11-24/h1-2,4-5H,3,6-13H2,(H3,21,22,23). The molecule has 0 unspecified atom stereocenters. The summed E-state index contributed by atoms with van der Waals surface area (Å²) in [5.74, 6) is 0.101. The number of ether oxygens (including phenoxy) is 2. The highest BCUT2D eigenvalue weighted by Crippen LogP contribution is 2.26. The zero-order valence-electron chi connectivity index (χ0n) is 14.6. The second-order valence-electron chi connectivity index (χ2n) is 5.91. The molecule has 0 spiro atoms. The van der Waals surface area contributed by atoms with E-state index >= 15 is 0 Å². The SMILES string of the molecule is NC(=NCCCN1CCOCC1)NCCc1ccccc1OC(F)(F)F. The number of benzene rings is 1. The predicted octanol–water partition coefficient (Wildman–Crippen LogP) is 1.75. The molecule has 0 bridgehead atoms. The van der Waals surface area contributed by atoms with Gasteiger partial charge in [0.2, 0.25) is 0 Å². The minimum Gasteiger partial charge on any atom is -0.406 e. The predicted molar refractivity (Wildman–Crippen MR) is 93.2 cm³/mol. The summed E-state index contributed by atoms with van der Waals surface area (Å²) in [6.07, 6.45) is -3.47. The number of rotatable bonds is 8. The van der Waals surface area contributed by atoms with E-state index in [0.29, 0.717) is 31.0 Å². The van der Waals surface area contributed by atoms with E-state index in [1.54, 1.807) is 12.1 Å². The number of nitrogens with two attached hydrogens (primary N) is 1. The van der Waals surface area contributed by atoms with Crippen molar-refractivity contribution < 1.29 is 22.6 Å². The highest BCUT2D eigenvalue weighted by Gasteiger charge is 2.31. The van der Waals surface area contributed by atoms with Crippen LogP contribution >= 0.6 is 0 Å². The topological polar surface area (TPSA) is 72.1 Å². The number of nitrogens with zero attached hydrogens (tertiary/aromatic N) is 2. The van der Waals surface area contributed by atoms with E-state index in [1.165, 1.54) is 12.1 Å². The van der Waals surface area contributed by atoms with E-state index in [1.807, 2.05) is 0 Å². The van der Waals surface area contributed by atoms with Gasteiger partial charge < -0.3 is 20.5 Å². The van der Waals surface area contributed by atoms with E-state index < -0.39 is 6.36 Å². The average Bonchev–Trinajstić information content (AvgIpc) is 2.60. The second kappa shape index (κ2) is 10.2. The van der Waals surface area contributed by atoms with Gasteiger partial charge in [-0.2, -0.15) is 0 Å². The zero-order valence-corrected chi connectivity index (χ0v) is 14.6. The Bertz CT molecular complexity index is 575. The summed E-state index contributed by atoms with van der Waals surface area (Å²) in [4.78, 5) is 6.56. The van der Waals surface area contributed by atoms with Crippen molar-refractivity contribution in [1.29, 1.82) is 0 Å². The van der Waals surface area contributed by atoms with Gasteiger partial charge in [-0.05, 0) is 24.5 Å². The van der Waals surface area contributed by atoms with Gasteiger partial charge in [0, 0.05) is 32.7 Å². The van der Waals surface area contributed by atoms with Crippen LogP contribution in [-0.2, 0) is 11.2 Å². The summed E-state index contributed by atoms with van der Waals surface area (Å²) in [7, 11) is 0. The van der Waals surface area contributed by atoms with Gasteiger partial charge >= 0.3 is 6.36 Å². The van der Waals surface area contributed by atoms with Crippen LogP contribution in [0.4, 0.5) is 13.2 Å². The first-order valence-corrected chi connectivity index (χ1v) is 8.61. The third-order valence-electron chi connectivity index (χ3n) is 3.92. The molecule has 1 saturated heterocycles. The number of nitrogens with one attached hydrogen (secondary N) is 1. The van der Waals surface area contributed by atoms with E-state index in [-0.39, 0.29) is 5.75 Å². The van der Waals surface area contributed by atoms with Crippen LogP contribution in [0.1, 0.15) is 12.0 Å². The van der Waals surface area contributed by atoms with E-state index in [4.69, 9.17) is 10.5 Å². The number of hydrogen-bond acceptors (Lipinski definition) is 4. The molecule has 0 saturated carbocycles. The van der Waals surface area contributed by atoms with Crippen molar-refractivity contribution in [2.45, 2.75) is 19.2 Å². The molecule has 1 aliphatic heterocycles. The van der Waals surface area contributed by atoms with Crippen LogP contribution in [0.15, 0.2) is 29.3 Å². The Labute approximate surface area is 151 Å². The van der Waals surface area contributed by atoms with Crippen LogP contribution in [0.5, 0.6) is 5.75 Å². The number of halogens is 3. The Hall–Kier alpha value is -2.00. The molecule has 0 radical (unpaired) electrons. The fourth-order valence-electron chi connectivity index (χ4n) is 2.63. The summed E-state index contributed by atoms with van der Waals surface area (Å²) in [6.45, 7) is 5.34. The molecule has 0 aromatic heterocycles. The normalized spacial score (nSPS) is 16.5. The zero-order chi connectivity index (χ0) is 18.8. The number of morpholine rings is 1. The molecular weight excluding hydrogens is 349 g/mol. The van der Waals surface area contributed by atoms with Crippen molar-refractivity contribution in [3.8, 4) is 5.75 Å². The molecule has 0 atom stereocenters. The molecule has 1 fully saturated rings. The highest BCUT2D eigenvalue weighted by molar-refractivity contribution is 5.77. The maximum Gasteiger partial charge on any atom is 0.573 e. The van der Waals surface area contributed by atoms with Crippen LogP contribution in [0, 0.1) is 0 Å². The van der Waals surface area contributed by atoms with Crippen molar-refractivity contribution in [2.24, 2.45) is 10.7 Å². The first kappa shape index (κ1) is 20.3. The van der Waals surface area contributed by atoms with E-state index in [0.717, 1.165) is 39.3 Å². The van der Waals surface area contributed by atoms with Crippen LogP contribution < -0.4 is 15.8 Å². The lowest BCUT2D eigenvalue weighted by Gasteiger charge is -2.26. The van der Waals surface area contributed by atoms with Crippen LogP contribution in [0.2, 0.25) is 0 Å². The van der Waals surface area contributed by atoms with Gasteiger partial charge in [-0.15, -0.1) is 13.2 Å². The van der Waals surface area contributed by atoms with Crippen LogP contribution in [-0.4, -0.2) is 63.2 Å². The Morgan fingerprint density at radius 3 is 2.73 bits per heavy atom. The van der Waals surface area contributed by atoms with Crippen molar-refractivity contribution >= 4 is 5.96 Å². The monoisotopic (exact) mass is 374 g/mol. The molecule has 0 amide bonds. The number of alkyl halides is 3. The second-order valence-corrected chi connectivity index (χ2v) is 5.91. The lowest BCUT2D eigenvalue weighted by molar-refractivity contribution is -0.274. The summed E-state index contributed by atoms with van der Waals surface area (Å²) >= 11 is 0. The number of hydrogen-bond donors (Lipinski definition) is 2. The molecule has 9 heteroatoms. The Balaban J connectivity index is 1.68. The fraction of sp³-hybridized carbons (Fsp3) is 0.588. The Morgan fingerprint density at radius 1 is 1.27 bits per heavy atom. The summed E-state index contributed by atoms with van der Waals surface area (Å²) in [6, 6.07) is 6.06. The van der Waals surface area contributed by atoms with Crippen molar-refractivity contribution in [1.82, 2.24) is 10.2 Å². The molecule has 1 aromatic carbocycles. The van der Waals surface area contributed by atoms with Gasteiger partial charge in [-0.3, -0.25) is 9.89 Å². The first-order chi connectivity index (χ1) is 12.4. The molecule has 1 aromatic rings. The smallest absolute Gasteiger partial charge is 0.406 e. The quantitative estimate of drug-likeness (QED) is 0.412. The summed E-state index contributed by atoms with van der Waals surface area (Å²) in [5, 5.41) is 2.92. The van der Waals surface area contributed by atoms with Crippen molar-refractivity contribution in [3.05, 3.63) is 29.8 Å². The lowest BCUT2D eigenvalue weighted by atomic mass is 10.1. The summed E-state index contributed by atoms with van der Waals surface area (Å²) in [5.41, 5.74) is 6.25. The van der Waals surface area contributed by atoms with Crippen LogP contribution in [0.3, 0.4) is 0 Å². The molecule has 3 N–H and O–H groups in total. The molecular formula is C17H25F3N4O2. The van der Waals surface area contributed by atoms with Gasteiger partial charge in [-0.25, -0.2) is 0 Å². The van der Waals surface area contributed by atoms with Crippen molar-refractivity contribution in [3.63, 3.8) is 0 Å². The van der Waals surface area contributed by atoms with E-state index in [2.05, 4.69) is 19.9 Å². The Kier molecular flexibility index (Phi) is 7.99. The maximum absolute atomic E-state index is 12.4. The minimum atomic E-state index is -4.70. The van der Waals surface area contributed by atoms with Gasteiger partial charge in [0.05, 0.1) is 13.2 Å². The molecule has 26 heavy (non-hydrogen) atoms. The molecule has 0 aliphatic carbocycles. The number of para-hydroxylation sites is 1. The fourth-order valence-corrected chi connectivity index (χ4v) is 2.63. The third kappa shape index (κ3) is 7.92. The Morgan fingerprint density at radius 2 is 2.00 bits per heavy atom. The largest absolute Gasteiger partial charge is 0.573 e. The molecule has 146 valence electrons. The van der Waals surface area contributed by atoms with Gasteiger partial charge in [0.25, 0.3) is 0 Å². The number of guanidine groups is 1. The van der Waals surface area contributed by atoms with Crippen molar-refractivity contribution in [2.75, 3.05) is 45.9 Å². The average molecular weight is 374 g/mol. The highest BCUT2D eigenvalue weighted by atomic mass is 19.4. The van der Waals surface area contributed by atoms with E-state index in [9.17, 15) is 13.2 Å². The van der Waals surface area contributed by atoms with Gasteiger partial charge in [-0.1, -0.05) is 18.2 Å². The van der Waals surface area contributed by atoms with Crippen LogP contribution in [0.25, 0.3) is 0 Å². The molecule has 6 nitrogen and oxygen atoms in total. The number of aliphatic imine (C=N–C) groups is 1.